The fraction of sp³-hybridized carbons (Fsp3) is 0.500. The van der Waals surface area contributed by atoms with E-state index < -0.39 is 36.1 Å². The van der Waals surface area contributed by atoms with Gasteiger partial charge in [0.05, 0.1) is 27.3 Å². The minimum atomic E-state index is -0.846. The number of carbonyl (C=O) groups is 4. The Hall–Kier alpha value is -3.47. The molecular weight excluding hydrogens is 430 g/mol. The van der Waals surface area contributed by atoms with Crippen molar-refractivity contribution in [3.8, 4) is 0 Å². The fourth-order valence-corrected chi connectivity index (χ4v) is 3.94. The maximum atomic E-state index is 12.9. The summed E-state index contributed by atoms with van der Waals surface area (Å²) in [7, 11) is 5.54. The normalized spacial score (nSPS) is 20.2. The van der Waals surface area contributed by atoms with Gasteiger partial charge in [-0.25, -0.2) is 9.79 Å². The molecule has 0 N–H and O–H groups in total. The maximum absolute atomic E-state index is 12.9. The summed E-state index contributed by atoms with van der Waals surface area (Å²) in [6.45, 7) is 0.502. The van der Waals surface area contributed by atoms with Crippen molar-refractivity contribution >= 4 is 29.7 Å². The first kappa shape index (κ1) is 24.2. The number of urea groups is 1. The molecule has 0 spiro atoms. The molecule has 178 valence electrons. The summed E-state index contributed by atoms with van der Waals surface area (Å²) in [6.07, 6.45) is -0.0929. The van der Waals surface area contributed by atoms with Crippen LogP contribution in [0.4, 0.5) is 4.79 Å². The number of amides is 3. The van der Waals surface area contributed by atoms with Crippen molar-refractivity contribution in [3.63, 3.8) is 0 Å². The third kappa shape index (κ3) is 5.30. The summed E-state index contributed by atoms with van der Waals surface area (Å²) in [6, 6.07) is 8.49. The summed E-state index contributed by atoms with van der Waals surface area (Å²) in [5, 5.41) is 0. The number of esters is 2. The summed E-state index contributed by atoms with van der Waals surface area (Å²) >= 11 is 0. The zero-order valence-corrected chi connectivity index (χ0v) is 19.3. The molecule has 2 atom stereocenters. The van der Waals surface area contributed by atoms with Gasteiger partial charge in [-0.3, -0.25) is 24.2 Å². The molecule has 11 nitrogen and oxygen atoms in total. The number of methoxy groups -OCH3 is 2. The van der Waals surface area contributed by atoms with Crippen molar-refractivity contribution in [1.82, 2.24) is 19.6 Å². The van der Waals surface area contributed by atoms with E-state index >= 15 is 0 Å². The average Bonchev–Trinajstić information content (AvgIpc) is 3.17. The van der Waals surface area contributed by atoms with Gasteiger partial charge in [0.1, 0.15) is 12.4 Å². The van der Waals surface area contributed by atoms with E-state index in [2.05, 4.69) is 4.99 Å². The van der Waals surface area contributed by atoms with Crippen LogP contribution >= 0.6 is 0 Å². The number of benzene rings is 1. The lowest BCUT2D eigenvalue weighted by Gasteiger charge is -2.40. The molecule has 0 saturated carbocycles. The van der Waals surface area contributed by atoms with Crippen LogP contribution in [0.2, 0.25) is 0 Å². The van der Waals surface area contributed by atoms with Crippen LogP contribution in [0.5, 0.6) is 0 Å². The van der Waals surface area contributed by atoms with Crippen molar-refractivity contribution in [1.29, 1.82) is 0 Å². The number of fused-ring (bicyclic) bond motifs is 1. The lowest BCUT2D eigenvalue weighted by molar-refractivity contribution is -0.144. The Kier molecular flexibility index (Phi) is 7.64. The Morgan fingerprint density at radius 2 is 1.73 bits per heavy atom. The Labute approximate surface area is 192 Å². The fourth-order valence-electron chi connectivity index (χ4n) is 3.94. The molecular formula is C22H29N5O6. The van der Waals surface area contributed by atoms with Crippen molar-refractivity contribution in [2.24, 2.45) is 4.99 Å². The van der Waals surface area contributed by atoms with Crippen LogP contribution in [0.15, 0.2) is 35.3 Å². The molecule has 11 heteroatoms. The molecule has 3 rings (SSSR count). The van der Waals surface area contributed by atoms with Gasteiger partial charge < -0.3 is 19.3 Å². The predicted molar refractivity (Wildman–Crippen MR) is 118 cm³/mol. The highest BCUT2D eigenvalue weighted by atomic mass is 16.5. The molecule has 0 aromatic heterocycles. The average molecular weight is 460 g/mol. The standard InChI is InChI=1S/C22H29N5O6/c1-24-20-19(21(30)25(2)22(24)31)27(14-18(29)33-4)16(23-20)12-26(13-17(28)32-3)11-10-15-8-6-5-7-9-15/h5-9,19-20H,10-14H2,1-4H3. The minimum Gasteiger partial charge on any atom is -0.468 e. The summed E-state index contributed by atoms with van der Waals surface area (Å²) in [5.74, 6) is -0.978. The second kappa shape index (κ2) is 10.4. The largest absolute Gasteiger partial charge is 0.468 e. The van der Waals surface area contributed by atoms with E-state index in [1.54, 1.807) is 11.9 Å². The molecule has 3 amide bonds. The summed E-state index contributed by atoms with van der Waals surface area (Å²) in [5.41, 5.74) is 1.10. The van der Waals surface area contributed by atoms with Crippen molar-refractivity contribution in [2.75, 3.05) is 54.5 Å². The summed E-state index contributed by atoms with van der Waals surface area (Å²) < 4.78 is 9.65. The number of nitrogens with zero attached hydrogens (tertiary/aromatic N) is 5. The number of carbonyl (C=O) groups excluding carboxylic acids is 4. The molecule has 0 radical (unpaired) electrons. The Bertz CT molecular complexity index is 936. The maximum Gasteiger partial charge on any atom is 0.328 e. The van der Waals surface area contributed by atoms with E-state index in [-0.39, 0.29) is 19.6 Å². The molecule has 2 unspecified atom stereocenters. The van der Waals surface area contributed by atoms with Crippen LogP contribution in [-0.2, 0) is 30.3 Å². The van der Waals surface area contributed by atoms with E-state index in [1.807, 2.05) is 35.2 Å². The first-order valence-corrected chi connectivity index (χ1v) is 10.5. The van der Waals surface area contributed by atoms with Gasteiger partial charge in [-0.05, 0) is 12.0 Å². The molecule has 1 fully saturated rings. The van der Waals surface area contributed by atoms with Gasteiger partial charge in [-0.15, -0.1) is 0 Å². The Balaban J connectivity index is 1.86. The molecule has 2 aliphatic heterocycles. The lowest BCUT2D eigenvalue weighted by atomic mass is 10.1. The van der Waals surface area contributed by atoms with Crippen LogP contribution in [0, 0.1) is 0 Å². The van der Waals surface area contributed by atoms with Gasteiger partial charge in [0.15, 0.2) is 12.2 Å². The van der Waals surface area contributed by atoms with Crippen LogP contribution in [0.3, 0.4) is 0 Å². The van der Waals surface area contributed by atoms with E-state index in [1.165, 1.54) is 26.2 Å². The van der Waals surface area contributed by atoms with Crippen LogP contribution in [0.25, 0.3) is 0 Å². The molecule has 0 bridgehead atoms. The SMILES string of the molecule is COC(=O)CN(CCc1ccccc1)CC1=NC2C(C(=O)N(C)C(=O)N2C)N1CC(=O)OC. The van der Waals surface area contributed by atoms with E-state index in [9.17, 15) is 19.2 Å². The second-order valence-corrected chi connectivity index (χ2v) is 7.92. The van der Waals surface area contributed by atoms with Crippen molar-refractivity contribution in [2.45, 2.75) is 18.6 Å². The molecule has 2 heterocycles. The monoisotopic (exact) mass is 459 g/mol. The van der Waals surface area contributed by atoms with Gasteiger partial charge in [0, 0.05) is 20.6 Å². The van der Waals surface area contributed by atoms with Gasteiger partial charge in [0.2, 0.25) is 0 Å². The highest BCUT2D eigenvalue weighted by molar-refractivity contribution is 6.04. The first-order chi connectivity index (χ1) is 15.8. The van der Waals surface area contributed by atoms with Crippen molar-refractivity contribution < 1.29 is 28.7 Å². The van der Waals surface area contributed by atoms with Crippen LogP contribution in [-0.4, -0.2) is 116 Å². The van der Waals surface area contributed by atoms with Crippen LogP contribution in [0.1, 0.15) is 5.56 Å². The van der Waals surface area contributed by atoms with Crippen LogP contribution < -0.4 is 0 Å². The van der Waals surface area contributed by atoms with Gasteiger partial charge >= 0.3 is 18.0 Å². The predicted octanol–water partition coefficient (Wildman–Crippen LogP) is -0.190. The zero-order valence-electron chi connectivity index (χ0n) is 19.3. The van der Waals surface area contributed by atoms with E-state index in [0.29, 0.717) is 18.8 Å². The van der Waals surface area contributed by atoms with Crippen molar-refractivity contribution in [3.05, 3.63) is 35.9 Å². The topological polar surface area (TPSA) is 112 Å². The Morgan fingerprint density at radius 3 is 2.36 bits per heavy atom. The number of aliphatic imine (C=N–C) groups is 1. The number of imide groups is 1. The Morgan fingerprint density at radius 1 is 1.06 bits per heavy atom. The number of ether oxygens (including phenoxy) is 2. The number of hydrogen-bond acceptors (Lipinski definition) is 9. The third-order valence-electron chi connectivity index (χ3n) is 5.83. The molecule has 2 aliphatic rings. The minimum absolute atomic E-state index is 0.00632. The highest BCUT2D eigenvalue weighted by Crippen LogP contribution is 2.27. The number of likely N-dealkylation sites (N-methyl/N-ethyl adjacent to an activating group) is 2. The van der Waals surface area contributed by atoms with Gasteiger partial charge in [-0.1, -0.05) is 30.3 Å². The number of rotatable bonds is 9. The third-order valence-corrected chi connectivity index (χ3v) is 5.83. The quantitative estimate of drug-likeness (QED) is 0.467. The number of hydrogen-bond donors (Lipinski definition) is 0. The molecule has 33 heavy (non-hydrogen) atoms. The second-order valence-electron chi connectivity index (χ2n) is 7.92. The van der Waals surface area contributed by atoms with Gasteiger partial charge in [-0.2, -0.15) is 0 Å². The molecule has 1 saturated heterocycles. The lowest BCUT2D eigenvalue weighted by Crippen LogP contribution is -2.64. The molecule has 1 aromatic rings. The number of amidine groups is 1. The summed E-state index contributed by atoms with van der Waals surface area (Å²) in [4.78, 5) is 59.9. The van der Waals surface area contributed by atoms with E-state index in [4.69, 9.17) is 9.47 Å². The van der Waals surface area contributed by atoms with E-state index in [0.717, 1.165) is 10.5 Å². The first-order valence-electron chi connectivity index (χ1n) is 10.5. The highest BCUT2D eigenvalue weighted by Gasteiger charge is 2.51. The van der Waals surface area contributed by atoms with Gasteiger partial charge in [0.25, 0.3) is 5.91 Å². The molecule has 0 aliphatic carbocycles. The smallest absolute Gasteiger partial charge is 0.328 e. The molecule has 1 aromatic carbocycles. The zero-order chi connectivity index (χ0) is 24.1.